The van der Waals surface area contributed by atoms with Gasteiger partial charge in [0.15, 0.2) is 0 Å². The first-order chi connectivity index (χ1) is 6.11. The summed E-state index contributed by atoms with van der Waals surface area (Å²) in [6.07, 6.45) is 0. The second-order valence-electron chi connectivity index (χ2n) is 2.93. The van der Waals surface area contributed by atoms with Gasteiger partial charge in [0.25, 0.3) is 11.6 Å². The number of carboxylic acids is 1. The predicted molar refractivity (Wildman–Crippen MR) is 41.6 cm³/mol. The van der Waals surface area contributed by atoms with E-state index in [2.05, 4.69) is 14.9 Å². The van der Waals surface area contributed by atoms with E-state index in [4.69, 9.17) is 9.84 Å². The van der Waals surface area contributed by atoms with Crippen molar-refractivity contribution in [1.29, 1.82) is 0 Å². The lowest BCUT2D eigenvalue weighted by molar-refractivity contribution is 0.0681. The lowest BCUT2D eigenvalue weighted by Gasteiger charge is -2.03. The van der Waals surface area contributed by atoms with Crippen LogP contribution < -0.4 is 4.74 Å². The lowest BCUT2D eigenvalue weighted by atomic mass is 10.2. The summed E-state index contributed by atoms with van der Waals surface area (Å²) >= 11 is 0. The maximum absolute atomic E-state index is 10.5. The van der Waals surface area contributed by atoms with Crippen molar-refractivity contribution in [3.8, 4) is 5.88 Å². The number of hydrogen-bond donors (Lipinski definition) is 1. The standard InChI is InChI=1S/C7H10N2O4/c1-4(2)3-12-6-5(7(10)11)8-13-9-6/h4H,3H2,1-2H3,(H,10,11). The molecule has 0 aromatic carbocycles. The molecule has 13 heavy (non-hydrogen) atoms. The summed E-state index contributed by atoms with van der Waals surface area (Å²) in [4.78, 5) is 10.5. The van der Waals surface area contributed by atoms with Crippen LogP contribution in [0.3, 0.4) is 0 Å². The molecule has 0 fully saturated rings. The number of rotatable bonds is 4. The minimum absolute atomic E-state index is 0.0683. The van der Waals surface area contributed by atoms with E-state index in [1.807, 2.05) is 13.8 Å². The van der Waals surface area contributed by atoms with E-state index in [0.717, 1.165) is 0 Å². The molecule has 1 rings (SSSR count). The molecule has 0 unspecified atom stereocenters. The number of nitrogens with zero attached hydrogens (tertiary/aromatic N) is 2. The predicted octanol–water partition coefficient (Wildman–Crippen LogP) is 0.803. The van der Waals surface area contributed by atoms with Gasteiger partial charge in [-0.2, -0.15) is 0 Å². The lowest BCUT2D eigenvalue weighted by Crippen LogP contribution is -2.08. The summed E-state index contributed by atoms with van der Waals surface area (Å²) in [6, 6.07) is 0. The minimum Gasteiger partial charge on any atom is -0.476 e. The number of carbonyl (C=O) groups is 1. The molecule has 0 aliphatic carbocycles. The Labute approximate surface area is 74.5 Å². The third-order valence-electron chi connectivity index (χ3n) is 1.21. The van der Waals surface area contributed by atoms with Crippen molar-refractivity contribution < 1.29 is 19.3 Å². The van der Waals surface area contributed by atoms with Crippen molar-refractivity contribution in [3.63, 3.8) is 0 Å². The number of hydrogen-bond acceptors (Lipinski definition) is 5. The molecule has 6 heteroatoms. The zero-order valence-electron chi connectivity index (χ0n) is 7.35. The topological polar surface area (TPSA) is 85.5 Å². The number of aromatic nitrogens is 2. The van der Waals surface area contributed by atoms with E-state index in [0.29, 0.717) is 12.5 Å². The minimum atomic E-state index is -1.21. The third kappa shape index (κ3) is 2.43. The Morgan fingerprint density at radius 2 is 2.31 bits per heavy atom. The van der Waals surface area contributed by atoms with E-state index >= 15 is 0 Å². The molecule has 0 saturated carbocycles. The first-order valence-electron chi connectivity index (χ1n) is 3.80. The highest BCUT2D eigenvalue weighted by atomic mass is 16.6. The van der Waals surface area contributed by atoms with E-state index in [1.54, 1.807) is 0 Å². The largest absolute Gasteiger partial charge is 0.476 e. The highest BCUT2D eigenvalue weighted by molar-refractivity contribution is 5.87. The quantitative estimate of drug-likeness (QED) is 0.748. The Kier molecular flexibility index (Phi) is 2.84. The van der Waals surface area contributed by atoms with Crippen molar-refractivity contribution in [2.24, 2.45) is 5.92 Å². The van der Waals surface area contributed by atoms with Crippen molar-refractivity contribution in [2.45, 2.75) is 13.8 Å². The van der Waals surface area contributed by atoms with Crippen molar-refractivity contribution in [1.82, 2.24) is 10.3 Å². The summed E-state index contributed by atoms with van der Waals surface area (Å²) in [7, 11) is 0. The SMILES string of the molecule is CC(C)COc1nonc1C(=O)O. The number of carboxylic acid groups (broad SMARTS) is 1. The highest BCUT2D eigenvalue weighted by Gasteiger charge is 2.18. The molecular weight excluding hydrogens is 176 g/mol. The molecule has 0 radical (unpaired) electrons. The van der Waals surface area contributed by atoms with Crippen LogP contribution in [0.1, 0.15) is 24.3 Å². The average molecular weight is 186 g/mol. The fourth-order valence-electron chi connectivity index (χ4n) is 0.651. The van der Waals surface area contributed by atoms with Crippen LogP contribution in [0.2, 0.25) is 0 Å². The molecule has 1 N–H and O–H groups in total. The zero-order chi connectivity index (χ0) is 9.84. The highest BCUT2D eigenvalue weighted by Crippen LogP contribution is 2.12. The van der Waals surface area contributed by atoms with Gasteiger partial charge in [0.2, 0.25) is 0 Å². The molecule has 0 aliphatic heterocycles. The maximum atomic E-state index is 10.5. The Morgan fingerprint density at radius 1 is 1.62 bits per heavy atom. The van der Waals surface area contributed by atoms with Crippen LogP contribution in [0, 0.1) is 5.92 Å². The second-order valence-corrected chi connectivity index (χ2v) is 2.93. The summed E-state index contributed by atoms with van der Waals surface area (Å²) in [5.41, 5.74) is -0.291. The van der Waals surface area contributed by atoms with E-state index < -0.39 is 5.97 Å². The maximum Gasteiger partial charge on any atom is 0.363 e. The van der Waals surface area contributed by atoms with Crippen molar-refractivity contribution in [2.75, 3.05) is 6.61 Å². The molecule has 0 spiro atoms. The third-order valence-corrected chi connectivity index (χ3v) is 1.21. The molecule has 0 saturated heterocycles. The molecule has 6 nitrogen and oxygen atoms in total. The second kappa shape index (κ2) is 3.88. The Balaban J connectivity index is 2.65. The molecule has 1 aromatic heterocycles. The van der Waals surface area contributed by atoms with Gasteiger partial charge in [-0.25, -0.2) is 9.42 Å². The van der Waals surface area contributed by atoms with Gasteiger partial charge in [-0.15, -0.1) is 0 Å². The normalized spacial score (nSPS) is 10.4. The Hall–Kier alpha value is -1.59. The average Bonchev–Trinajstić information content (AvgIpc) is 2.47. The van der Waals surface area contributed by atoms with Crippen LogP contribution in [-0.4, -0.2) is 28.0 Å². The van der Waals surface area contributed by atoms with Crippen LogP contribution in [0.5, 0.6) is 5.88 Å². The summed E-state index contributed by atoms with van der Waals surface area (Å²) in [5, 5.41) is 15.1. The Morgan fingerprint density at radius 3 is 2.85 bits per heavy atom. The van der Waals surface area contributed by atoms with Crippen molar-refractivity contribution >= 4 is 5.97 Å². The molecule has 1 heterocycles. The molecule has 1 aromatic rings. The fourth-order valence-corrected chi connectivity index (χ4v) is 0.651. The monoisotopic (exact) mass is 186 g/mol. The molecule has 0 bridgehead atoms. The molecule has 0 atom stereocenters. The van der Waals surface area contributed by atoms with Crippen LogP contribution in [-0.2, 0) is 0 Å². The van der Waals surface area contributed by atoms with Gasteiger partial charge >= 0.3 is 5.97 Å². The van der Waals surface area contributed by atoms with Gasteiger partial charge in [-0.05, 0) is 16.2 Å². The first kappa shape index (κ1) is 9.50. The fraction of sp³-hybridized carbons (Fsp3) is 0.571. The van der Waals surface area contributed by atoms with Gasteiger partial charge in [-0.3, -0.25) is 0 Å². The van der Waals surface area contributed by atoms with Gasteiger partial charge in [-0.1, -0.05) is 13.8 Å². The van der Waals surface area contributed by atoms with Crippen LogP contribution >= 0.6 is 0 Å². The van der Waals surface area contributed by atoms with E-state index in [-0.39, 0.29) is 11.6 Å². The Bertz CT molecular complexity index is 294. The number of aromatic carboxylic acids is 1. The summed E-state index contributed by atoms with van der Waals surface area (Å²) in [6.45, 7) is 4.26. The van der Waals surface area contributed by atoms with E-state index in [1.165, 1.54) is 0 Å². The van der Waals surface area contributed by atoms with Gasteiger partial charge in [0, 0.05) is 0 Å². The van der Waals surface area contributed by atoms with Gasteiger partial charge in [0.05, 0.1) is 6.61 Å². The van der Waals surface area contributed by atoms with Crippen LogP contribution in [0.4, 0.5) is 0 Å². The van der Waals surface area contributed by atoms with Crippen LogP contribution in [0.25, 0.3) is 0 Å². The smallest absolute Gasteiger partial charge is 0.363 e. The number of ether oxygens (including phenoxy) is 1. The first-order valence-corrected chi connectivity index (χ1v) is 3.80. The van der Waals surface area contributed by atoms with E-state index in [9.17, 15) is 4.79 Å². The molecule has 0 amide bonds. The summed E-state index contributed by atoms with van der Waals surface area (Å²) in [5.74, 6) is -0.987. The van der Waals surface area contributed by atoms with Crippen LogP contribution in [0.15, 0.2) is 4.63 Å². The van der Waals surface area contributed by atoms with Gasteiger partial charge in [0.1, 0.15) is 0 Å². The molecule has 0 aliphatic rings. The molecular formula is C7H10N2O4. The van der Waals surface area contributed by atoms with Crippen molar-refractivity contribution in [3.05, 3.63) is 5.69 Å². The van der Waals surface area contributed by atoms with Gasteiger partial charge < -0.3 is 9.84 Å². The zero-order valence-corrected chi connectivity index (χ0v) is 7.35. The summed E-state index contributed by atoms with van der Waals surface area (Å²) < 4.78 is 9.29. The molecule has 72 valence electrons.